The molecule has 0 unspecified atom stereocenters. The van der Waals surface area contributed by atoms with Crippen LogP contribution in [-0.2, 0) is 10.8 Å². The molecule has 0 N–H and O–H groups in total. The fourth-order valence-electron chi connectivity index (χ4n) is 7.10. The molecule has 0 spiro atoms. The van der Waals surface area contributed by atoms with E-state index in [1.54, 1.807) is 0 Å². The molecule has 0 atom stereocenters. The molecule has 0 saturated carbocycles. The van der Waals surface area contributed by atoms with Crippen molar-refractivity contribution >= 4 is 22.7 Å². The molecular formula is C44H36N4S2. The van der Waals surface area contributed by atoms with Crippen LogP contribution in [0.5, 0.6) is 0 Å². The van der Waals surface area contributed by atoms with Crippen LogP contribution in [0.15, 0.2) is 146 Å². The van der Waals surface area contributed by atoms with Crippen LogP contribution >= 0.6 is 22.7 Å². The molecule has 0 saturated heterocycles. The smallest absolute Gasteiger partial charge is 0.154 e. The first-order valence-electron chi connectivity index (χ1n) is 17.0. The van der Waals surface area contributed by atoms with E-state index in [0.717, 1.165) is 44.2 Å². The Morgan fingerprint density at radius 2 is 0.800 bits per heavy atom. The third-order valence-corrected chi connectivity index (χ3v) is 12.4. The summed E-state index contributed by atoms with van der Waals surface area (Å²) in [6.07, 6.45) is 4.51. The van der Waals surface area contributed by atoms with Crippen molar-refractivity contribution in [2.75, 3.05) is 0 Å². The van der Waals surface area contributed by atoms with Gasteiger partial charge < -0.3 is 0 Å². The minimum absolute atomic E-state index is 0.423. The van der Waals surface area contributed by atoms with E-state index in [1.807, 2.05) is 22.7 Å². The first kappa shape index (κ1) is 30.7. The number of para-hydroxylation sites is 2. The van der Waals surface area contributed by atoms with Gasteiger partial charge in [-0.2, -0.15) is 0 Å². The lowest BCUT2D eigenvalue weighted by molar-refractivity contribution is 0.623. The third-order valence-electron chi connectivity index (χ3n) is 10.1. The molecule has 4 nitrogen and oxygen atoms in total. The van der Waals surface area contributed by atoms with E-state index in [0.29, 0.717) is 0 Å². The maximum atomic E-state index is 5.56. The first-order chi connectivity index (χ1) is 24.3. The van der Waals surface area contributed by atoms with Gasteiger partial charge in [-0.15, -0.1) is 22.7 Å². The van der Waals surface area contributed by atoms with Crippen molar-refractivity contribution in [1.82, 2.24) is 19.1 Å². The summed E-state index contributed by atoms with van der Waals surface area (Å²) in [5.74, 6) is 1.90. The van der Waals surface area contributed by atoms with Gasteiger partial charge in [-0.1, -0.05) is 125 Å². The normalized spacial score (nSPS) is 14.3. The highest BCUT2D eigenvalue weighted by molar-refractivity contribution is 7.19. The van der Waals surface area contributed by atoms with E-state index in [9.17, 15) is 0 Å². The van der Waals surface area contributed by atoms with E-state index in [-0.39, 0.29) is 0 Å². The number of nitrogens with zero attached hydrogens (tertiary/aromatic N) is 4. The molecule has 6 heteroatoms. The van der Waals surface area contributed by atoms with Crippen LogP contribution < -0.4 is 0 Å². The molecule has 9 rings (SSSR count). The van der Waals surface area contributed by atoms with Crippen LogP contribution in [0.3, 0.4) is 0 Å². The van der Waals surface area contributed by atoms with E-state index >= 15 is 0 Å². The lowest BCUT2D eigenvalue weighted by Crippen LogP contribution is -2.20. The van der Waals surface area contributed by atoms with Gasteiger partial charge in [0.25, 0.3) is 0 Å². The topological polar surface area (TPSA) is 35.6 Å². The van der Waals surface area contributed by atoms with Crippen molar-refractivity contribution in [2.24, 2.45) is 0 Å². The maximum Gasteiger partial charge on any atom is 0.154 e. The number of benzene rings is 4. The summed E-state index contributed by atoms with van der Waals surface area (Å²) in [6.45, 7) is 9.25. The molecule has 1 aliphatic heterocycles. The Morgan fingerprint density at radius 1 is 0.460 bits per heavy atom. The number of fused-ring (bicyclic) bond motifs is 10. The average molecular weight is 685 g/mol. The molecule has 0 radical (unpaired) electrons. The Hall–Kier alpha value is -5.30. The molecule has 4 aromatic heterocycles. The van der Waals surface area contributed by atoms with Gasteiger partial charge in [0.1, 0.15) is 0 Å². The zero-order valence-corrected chi connectivity index (χ0v) is 30.1. The van der Waals surface area contributed by atoms with Crippen LogP contribution in [0.4, 0.5) is 0 Å². The Balaban J connectivity index is 1.39. The summed E-state index contributed by atoms with van der Waals surface area (Å²) >= 11 is 3.63. The molecule has 8 bridgehead atoms. The van der Waals surface area contributed by atoms with E-state index in [4.69, 9.17) is 9.97 Å². The summed E-state index contributed by atoms with van der Waals surface area (Å²) in [6, 6.07) is 47.5. The highest BCUT2D eigenvalue weighted by Crippen LogP contribution is 2.50. The second-order valence-corrected chi connectivity index (χ2v) is 16.1. The lowest BCUT2D eigenvalue weighted by Gasteiger charge is -2.24. The standard InChI is InChI=1S/C44H36N4S2/c1-43(2)33-25-35(49-39(33)29-17-9-5-10-18-29)42-46-38(28-48(42)32-23-15-8-16-24-32)44(3,4)34-26-36(50-40(34)30-19-11-6-12-20-30)41-45-37(43)27-47(41)31-21-13-7-14-22-31/h5-28H,1-4H3. The summed E-state index contributed by atoms with van der Waals surface area (Å²) in [4.78, 5) is 15.9. The Bertz CT molecular complexity index is 2290. The Kier molecular flexibility index (Phi) is 7.16. The number of aromatic nitrogens is 4. The summed E-state index contributed by atoms with van der Waals surface area (Å²) in [7, 11) is 0. The zero-order chi connectivity index (χ0) is 34.0. The molecule has 1 aliphatic rings. The molecule has 5 heterocycles. The largest absolute Gasteiger partial charge is 0.299 e. The van der Waals surface area contributed by atoms with Crippen molar-refractivity contribution < 1.29 is 0 Å². The molecule has 8 aromatic rings. The van der Waals surface area contributed by atoms with Gasteiger partial charge in [-0.05, 0) is 58.7 Å². The summed E-state index contributed by atoms with van der Waals surface area (Å²) in [5.41, 5.74) is 8.28. The number of imidazole rings is 2. The van der Waals surface area contributed by atoms with E-state index in [1.165, 1.54) is 32.0 Å². The van der Waals surface area contributed by atoms with Gasteiger partial charge in [0.15, 0.2) is 11.6 Å². The highest BCUT2D eigenvalue weighted by Gasteiger charge is 2.37. The SMILES string of the molecule is CC1(C)c2cn(-c3ccccc3)c(n2)-c2cc(c(-c3ccccc3)s2)C(C)(C)c2cn(-c3ccccc3)c(n2)-c2cc1c(-c1ccccc1)s2. The molecule has 4 aromatic carbocycles. The van der Waals surface area contributed by atoms with Gasteiger partial charge >= 0.3 is 0 Å². The lowest BCUT2D eigenvalue weighted by atomic mass is 9.80. The molecular weight excluding hydrogens is 649 g/mol. The zero-order valence-electron chi connectivity index (χ0n) is 28.5. The van der Waals surface area contributed by atoms with Gasteiger partial charge in [-0.25, -0.2) is 9.97 Å². The molecule has 0 fully saturated rings. The summed E-state index contributed by atoms with van der Waals surface area (Å²) < 4.78 is 4.57. The van der Waals surface area contributed by atoms with Crippen molar-refractivity contribution in [1.29, 1.82) is 0 Å². The fraction of sp³-hybridized carbons (Fsp3) is 0.136. The van der Waals surface area contributed by atoms with Crippen LogP contribution in [-0.4, -0.2) is 19.1 Å². The van der Waals surface area contributed by atoms with Crippen molar-refractivity contribution in [3.63, 3.8) is 0 Å². The number of hydrogen-bond acceptors (Lipinski definition) is 4. The van der Waals surface area contributed by atoms with E-state index < -0.39 is 10.8 Å². The second kappa shape index (κ2) is 11.7. The molecule has 0 aliphatic carbocycles. The average Bonchev–Trinajstić information content (AvgIpc) is 3.97. The third kappa shape index (κ3) is 4.93. The molecule has 50 heavy (non-hydrogen) atoms. The van der Waals surface area contributed by atoms with Crippen LogP contribution in [0, 0.1) is 0 Å². The molecule has 244 valence electrons. The number of thiophene rings is 2. The maximum absolute atomic E-state index is 5.56. The highest BCUT2D eigenvalue weighted by atomic mass is 32.1. The fourth-order valence-corrected chi connectivity index (χ4v) is 9.72. The first-order valence-corrected chi connectivity index (χ1v) is 18.6. The van der Waals surface area contributed by atoms with Gasteiger partial charge in [0.05, 0.1) is 21.1 Å². The predicted octanol–water partition coefficient (Wildman–Crippen LogP) is 11.8. The minimum Gasteiger partial charge on any atom is -0.299 e. The van der Waals surface area contributed by atoms with Crippen LogP contribution in [0.1, 0.15) is 50.2 Å². The second-order valence-electron chi connectivity index (χ2n) is 14.0. The van der Waals surface area contributed by atoms with E-state index in [2.05, 4.69) is 183 Å². The Labute approximate surface area is 301 Å². The van der Waals surface area contributed by atoms with Gasteiger partial charge in [0.2, 0.25) is 0 Å². The quantitative estimate of drug-likeness (QED) is 0.185. The van der Waals surface area contributed by atoms with Crippen LogP contribution in [0.2, 0.25) is 0 Å². The van der Waals surface area contributed by atoms with Crippen LogP contribution in [0.25, 0.3) is 53.7 Å². The van der Waals surface area contributed by atoms with Crippen molar-refractivity contribution in [2.45, 2.75) is 38.5 Å². The predicted molar refractivity (Wildman–Crippen MR) is 209 cm³/mol. The number of rotatable bonds is 4. The number of hydrogen-bond donors (Lipinski definition) is 0. The van der Waals surface area contributed by atoms with Gasteiger partial charge in [-0.3, -0.25) is 9.13 Å². The monoisotopic (exact) mass is 684 g/mol. The minimum atomic E-state index is -0.423. The summed E-state index contributed by atoms with van der Waals surface area (Å²) in [5, 5.41) is 0. The Morgan fingerprint density at radius 3 is 1.16 bits per heavy atom. The van der Waals surface area contributed by atoms with Crippen molar-refractivity contribution in [3.05, 3.63) is 168 Å². The van der Waals surface area contributed by atoms with Crippen molar-refractivity contribution in [3.8, 4) is 53.7 Å². The van der Waals surface area contributed by atoms with Gasteiger partial charge in [0, 0.05) is 44.4 Å². The molecule has 0 amide bonds.